The maximum Gasteiger partial charge on any atom is 0.226 e. The number of amides is 1. The molecule has 2 saturated carbocycles. The molecule has 4 unspecified atom stereocenters. The number of carbonyl (C=O) groups excluding carboxylic acids is 1. The van der Waals surface area contributed by atoms with Gasteiger partial charge in [-0.15, -0.1) is 0 Å². The van der Waals surface area contributed by atoms with Gasteiger partial charge in [0.25, 0.3) is 0 Å². The summed E-state index contributed by atoms with van der Waals surface area (Å²) in [5.74, 6) is 4.94. The third kappa shape index (κ3) is 2.61. The van der Waals surface area contributed by atoms with Gasteiger partial charge in [-0.2, -0.15) is 11.8 Å². The summed E-state index contributed by atoms with van der Waals surface area (Å²) in [6.07, 6.45) is 7.54. The molecule has 20 heavy (non-hydrogen) atoms. The van der Waals surface area contributed by atoms with Crippen LogP contribution in [-0.2, 0) is 9.53 Å². The first-order valence-electron chi connectivity index (χ1n) is 8.31. The monoisotopic (exact) mass is 295 g/mol. The Morgan fingerprint density at radius 1 is 1.20 bits per heavy atom. The molecule has 0 aromatic rings. The zero-order chi connectivity index (χ0) is 13.5. The van der Waals surface area contributed by atoms with Crippen molar-refractivity contribution in [2.75, 3.05) is 24.7 Å². The van der Waals surface area contributed by atoms with Crippen LogP contribution in [0.1, 0.15) is 38.5 Å². The Morgan fingerprint density at radius 3 is 2.70 bits per heavy atom. The summed E-state index contributed by atoms with van der Waals surface area (Å²) in [5.41, 5.74) is 0. The van der Waals surface area contributed by atoms with Gasteiger partial charge < -0.3 is 9.64 Å². The van der Waals surface area contributed by atoms with Crippen LogP contribution in [-0.4, -0.2) is 47.6 Å². The normalized spacial score (nSPS) is 42.7. The van der Waals surface area contributed by atoms with Gasteiger partial charge in [-0.1, -0.05) is 0 Å². The highest BCUT2D eigenvalue weighted by molar-refractivity contribution is 7.99. The molecule has 0 radical (unpaired) electrons. The molecular formula is C16H25NO2S. The van der Waals surface area contributed by atoms with Crippen molar-refractivity contribution in [1.82, 2.24) is 4.90 Å². The van der Waals surface area contributed by atoms with Crippen LogP contribution in [0.15, 0.2) is 0 Å². The quantitative estimate of drug-likeness (QED) is 0.798. The van der Waals surface area contributed by atoms with Crippen molar-refractivity contribution in [3.63, 3.8) is 0 Å². The number of nitrogens with zero attached hydrogens (tertiary/aromatic N) is 1. The number of fused-ring (bicyclic) bond motifs is 1. The molecule has 0 spiro atoms. The van der Waals surface area contributed by atoms with Crippen LogP contribution in [0.2, 0.25) is 0 Å². The third-order valence-corrected chi connectivity index (χ3v) is 6.79. The summed E-state index contributed by atoms with van der Waals surface area (Å²) in [5, 5.41) is 0. The Morgan fingerprint density at radius 2 is 2.05 bits per heavy atom. The fourth-order valence-electron chi connectivity index (χ4n) is 4.35. The summed E-state index contributed by atoms with van der Waals surface area (Å²) in [6, 6.07) is 0.480. The Balaban J connectivity index is 1.43. The third-order valence-electron chi connectivity index (χ3n) is 5.65. The van der Waals surface area contributed by atoms with Crippen LogP contribution in [0.3, 0.4) is 0 Å². The molecule has 0 bridgehead atoms. The Bertz CT molecular complexity index is 367. The topological polar surface area (TPSA) is 29.5 Å². The molecule has 0 aromatic carbocycles. The van der Waals surface area contributed by atoms with Crippen molar-refractivity contribution >= 4 is 17.7 Å². The molecule has 2 aliphatic heterocycles. The molecule has 4 aliphatic rings. The summed E-state index contributed by atoms with van der Waals surface area (Å²) in [4.78, 5) is 15.2. The second-order valence-electron chi connectivity index (χ2n) is 7.07. The molecule has 4 atom stereocenters. The average molecular weight is 295 g/mol. The predicted octanol–water partition coefficient (Wildman–Crippen LogP) is 2.55. The van der Waals surface area contributed by atoms with E-state index in [1.165, 1.54) is 37.9 Å². The highest BCUT2D eigenvalue weighted by Crippen LogP contribution is 2.54. The molecule has 112 valence electrons. The first kappa shape index (κ1) is 13.4. The minimum Gasteiger partial charge on any atom is -0.376 e. The lowest BCUT2D eigenvalue weighted by atomic mass is 10.00. The molecule has 4 rings (SSSR count). The first-order chi connectivity index (χ1) is 9.81. The largest absolute Gasteiger partial charge is 0.376 e. The minimum absolute atomic E-state index is 0.306. The number of ether oxygens (including phenoxy) is 1. The molecule has 2 heterocycles. The van der Waals surface area contributed by atoms with Crippen LogP contribution >= 0.6 is 11.8 Å². The van der Waals surface area contributed by atoms with E-state index in [2.05, 4.69) is 4.90 Å². The fraction of sp³-hybridized carbons (Fsp3) is 0.938. The zero-order valence-corrected chi connectivity index (χ0v) is 12.9. The van der Waals surface area contributed by atoms with Gasteiger partial charge in [0, 0.05) is 30.9 Å². The molecule has 0 N–H and O–H groups in total. The van der Waals surface area contributed by atoms with Crippen LogP contribution in [0.5, 0.6) is 0 Å². The van der Waals surface area contributed by atoms with Crippen LogP contribution in [0.25, 0.3) is 0 Å². The van der Waals surface area contributed by atoms with Crippen molar-refractivity contribution in [2.45, 2.75) is 50.7 Å². The molecular weight excluding hydrogens is 270 g/mol. The molecule has 4 fully saturated rings. The highest BCUT2D eigenvalue weighted by atomic mass is 32.2. The maximum atomic E-state index is 12.9. The van der Waals surface area contributed by atoms with E-state index < -0.39 is 0 Å². The summed E-state index contributed by atoms with van der Waals surface area (Å²) in [6.45, 7) is 1.75. The van der Waals surface area contributed by atoms with Crippen LogP contribution in [0.4, 0.5) is 0 Å². The van der Waals surface area contributed by atoms with Gasteiger partial charge in [0.1, 0.15) is 0 Å². The lowest BCUT2D eigenvalue weighted by Gasteiger charge is -2.33. The van der Waals surface area contributed by atoms with E-state index in [9.17, 15) is 4.79 Å². The van der Waals surface area contributed by atoms with E-state index in [1.54, 1.807) is 0 Å². The van der Waals surface area contributed by atoms with Crippen LogP contribution < -0.4 is 0 Å². The molecule has 3 nitrogen and oxygen atoms in total. The Kier molecular flexibility index (Phi) is 3.71. The standard InChI is InChI=1S/C16H25NO2S/c18-16(13-7-11-6-12(11)8-13)17(14-3-5-20-10-14)9-15-2-1-4-19-15/h11-15H,1-10H2. The van der Waals surface area contributed by atoms with Gasteiger partial charge in [0.15, 0.2) is 0 Å². The van der Waals surface area contributed by atoms with Gasteiger partial charge in [-0.05, 0) is 56.1 Å². The van der Waals surface area contributed by atoms with Gasteiger partial charge in [-0.3, -0.25) is 4.79 Å². The molecule has 1 amide bonds. The second-order valence-corrected chi connectivity index (χ2v) is 8.22. The van der Waals surface area contributed by atoms with Gasteiger partial charge in [-0.25, -0.2) is 0 Å². The van der Waals surface area contributed by atoms with E-state index in [-0.39, 0.29) is 0 Å². The van der Waals surface area contributed by atoms with Crippen LogP contribution in [0, 0.1) is 17.8 Å². The Labute approximate surface area is 125 Å². The van der Waals surface area contributed by atoms with Crippen molar-refractivity contribution in [1.29, 1.82) is 0 Å². The minimum atomic E-state index is 0.306. The van der Waals surface area contributed by atoms with Crippen molar-refractivity contribution in [2.24, 2.45) is 17.8 Å². The number of rotatable bonds is 4. The average Bonchev–Trinajstić information content (AvgIpc) is 2.97. The van der Waals surface area contributed by atoms with E-state index in [0.717, 1.165) is 37.2 Å². The maximum absolute atomic E-state index is 12.9. The lowest BCUT2D eigenvalue weighted by molar-refractivity contribution is -0.139. The Hall–Kier alpha value is -0.220. The number of hydrogen-bond donors (Lipinski definition) is 0. The van der Waals surface area contributed by atoms with Crippen molar-refractivity contribution < 1.29 is 9.53 Å². The van der Waals surface area contributed by atoms with Gasteiger partial charge in [0.05, 0.1) is 6.10 Å². The SMILES string of the molecule is O=C(C1CC2CC2C1)N(CC1CCCO1)C1CCSC1. The molecule has 0 aromatic heterocycles. The summed E-state index contributed by atoms with van der Waals surface area (Å²) < 4.78 is 5.79. The van der Waals surface area contributed by atoms with Crippen molar-refractivity contribution in [3.8, 4) is 0 Å². The molecule has 2 aliphatic carbocycles. The van der Waals surface area contributed by atoms with Crippen molar-refractivity contribution in [3.05, 3.63) is 0 Å². The summed E-state index contributed by atoms with van der Waals surface area (Å²) in [7, 11) is 0. The number of carbonyl (C=O) groups is 1. The van der Waals surface area contributed by atoms with Gasteiger partial charge in [0.2, 0.25) is 5.91 Å². The first-order valence-corrected chi connectivity index (χ1v) is 9.46. The van der Waals surface area contributed by atoms with E-state index in [4.69, 9.17) is 4.74 Å². The zero-order valence-electron chi connectivity index (χ0n) is 12.1. The van der Waals surface area contributed by atoms with Gasteiger partial charge >= 0.3 is 0 Å². The summed E-state index contributed by atoms with van der Waals surface area (Å²) >= 11 is 2.00. The predicted molar refractivity (Wildman–Crippen MR) is 80.7 cm³/mol. The number of hydrogen-bond acceptors (Lipinski definition) is 3. The number of thioether (sulfide) groups is 1. The lowest BCUT2D eigenvalue weighted by Crippen LogP contribution is -2.47. The fourth-order valence-corrected chi connectivity index (χ4v) is 5.57. The van der Waals surface area contributed by atoms with E-state index in [1.807, 2.05) is 11.8 Å². The van der Waals surface area contributed by atoms with E-state index >= 15 is 0 Å². The smallest absolute Gasteiger partial charge is 0.226 e. The second kappa shape index (κ2) is 5.53. The molecule has 4 heteroatoms. The molecule has 2 saturated heterocycles. The van der Waals surface area contributed by atoms with E-state index in [0.29, 0.717) is 24.0 Å². The highest BCUT2D eigenvalue weighted by Gasteiger charge is 2.49.